The van der Waals surface area contributed by atoms with Gasteiger partial charge in [0, 0.05) is 22.6 Å². The van der Waals surface area contributed by atoms with Gasteiger partial charge in [-0.1, -0.05) is 72.8 Å². The molecule has 0 spiro atoms. The SMILES string of the molecule is O=C1C=C(c2ccc(N(c3ccccc3)c3ccccc3)cc2)c2cc3ccccc3cc2C1=O. The fourth-order valence-corrected chi connectivity index (χ4v) is 4.69. The second kappa shape index (κ2) is 8.54. The average molecular weight is 452 g/mol. The third kappa shape index (κ3) is 3.73. The summed E-state index contributed by atoms with van der Waals surface area (Å²) in [5.74, 6) is -0.937. The number of nitrogens with zero attached hydrogens (tertiary/aromatic N) is 1. The normalized spacial score (nSPS) is 12.9. The van der Waals surface area contributed by atoms with Crippen molar-refractivity contribution in [1.29, 1.82) is 0 Å². The Morgan fingerprint density at radius 3 is 1.54 bits per heavy atom. The van der Waals surface area contributed by atoms with Crippen molar-refractivity contribution in [3.63, 3.8) is 0 Å². The van der Waals surface area contributed by atoms with Crippen molar-refractivity contribution >= 4 is 45.0 Å². The highest BCUT2D eigenvalue weighted by molar-refractivity contribution is 6.51. The third-order valence-corrected chi connectivity index (χ3v) is 6.39. The molecule has 0 aromatic heterocycles. The van der Waals surface area contributed by atoms with Crippen LogP contribution in [0.4, 0.5) is 17.1 Å². The minimum Gasteiger partial charge on any atom is -0.311 e. The summed E-state index contributed by atoms with van der Waals surface area (Å²) >= 11 is 0. The molecule has 0 aliphatic heterocycles. The molecule has 0 amide bonds. The molecule has 0 fully saturated rings. The van der Waals surface area contributed by atoms with E-state index >= 15 is 0 Å². The number of hydrogen-bond donors (Lipinski definition) is 0. The molecule has 6 rings (SSSR count). The van der Waals surface area contributed by atoms with Crippen molar-refractivity contribution in [3.05, 3.63) is 144 Å². The molecule has 1 aliphatic rings. The standard InChI is InChI=1S/C32H21NO2/c34-31-21-28(29-19-23-9-7-8-10-24(23)20-30(29)32(31)35)22-15-17-27(18-16-22)33(25-11-3-1-4-12-25)26-13-5-2-6-14-26/h1-21H. The van der Waals surface area contributed by atoms with Crippen molar-refractivity contribution in [2.24, 2.45) is 0 Å². The molecule has 0 N–H and O–H groups in total. The molecule has 0 unspecified atom stereocenters. The van der Waals surface area contributed by atoms with Gasteiger partial charge in [-0.05, 0) is 82.1 Å². The molecule has 5 aromatic carbocycles. The van der Waals surface area contributed by atoms with E-state index in [0.717, 1.165) is 44.5 Å². The predicted octanol–water partition coefficient (Wildman–Crippen LogP) is 7.51. The van der Waals surface area contributed by atoms with Crippen LogP contribution >= 0.6 is 0 Å². The summed E-state index contributed by atoms with van der Waals surface area (Å²) in [6.07, 6.45) is 1.47. The van der Waals surface area contributed by atoms with Crippen LogP contribution in [-0.2, 0) is 4.79 Å². The molecule has 0 saturated carbocycles. The van der Waals surface area contributed by atoms with Gasteiger partial charge < -0.3 is 4.90 Å². The molecule has 0 saturated heterocycles. The molecule has 0 heterocycles. The largest absolute Gasteiger partial charge is 0.311 e. The first kappa shape index (κ1) is 20.8. The van der Waals surface area contributed by atoms with Crippen LogP contribution in [0.15, 0.2) is 127 Å². The van der Waals surface area contributed by atoms with Gasteiger partial charge in [0.2, 0.25) is 11.6 Å². The fourth-order valence-electron chi connectivity index (χ4n) is 4.69. The zero-order chi connectivity index (χ0) is 23.8. The van der Waals surface area contributed by atoms with E-state index in [1.54, 1.807) is 0 Å². The van der Waals surface area contributed by atoms with Gasteiger partial charge in [0.05, 0.1) is 0 Å². The number of para-hydroxylation sites is 2. The monoisotopic (exact) mass is 451 g/mol. The van der Waals surface area contributed by atoms with Gasteiger partial charge in [-0.3, -0.25) is 9.59 Å². The van der Waals surface area contributed by atoms with Gasteiger partial charge in [0.1, 0.15) is 0 Å². The maximum absolute atomic E-state index is 12.7. The number of ketones is 2. The van der Waals surface area contributed by atoms with Crippen molar-refractivity contribution < 1.29 is 9.59 Å². The number of benzene rings is 5. The Bertz CT molecular complexity index is 1560. The topological polar surface area (TPSA) is 37.4 Å². The Labute approximate surface area is 203 Å². The lowest BCUT2D eigenvalue weighted by molar-refractivity contribution is -0.111. The summed E-state index contributed by atoms with van der Waals surface area (Å²) < 4.78 is 0. The van der Waals surface area contributed by atoms with Gasteiger partial charge >= 0.3 is 0 Å². The highest BCUT2D eigenvalue weighted by atomic mass is 16.2. The van der Waals surface area contributed by atoms with Crippen LogP contribution < -0.4 is 4.90 Å². The van der Waals surface area contributed by atoms with Crippen LogP contribution in [0.3, 0.4) is 0 Å². The van der Waals surface area contributed by atoms with Crippen LogP contribution in [-0.4, -0.2) is 11.6 Å². The molecule has 1 aliphatic carbocycles. The maximum Gasteiger partial charge on any atom is 0.233 e. The zero-order valence-corrected chi connectivity index (χ0v) is 18.9. The van der Waals surface area contributed by atoms with E-state index in [2.05, 4.69) is 41.3 Å². The van der Waals surface area contributed by atoms with Crippen LogP contribution in [0.1, 0.15) is 21.5 Å². The van der Waals surface area contributed by atoms with Gasteiger partial charge in [-0.25, -0.2) is 0 Å². The van der Waals surface area contributed by atoms with Gasteiger partial charge in [0.25, 0.3) is 0 Å². The van der Waals surface area contributed by atoms with Crippen molar-refractivity contribution in [1.82, 2.24) is 0 Å². The first-order valence-corrected chi connectivity index (χ1v) is 11.5. The lowest BCUT2D eigenvalue weighted by Gasteiger charge is -2.26. The smallest absolute Gasteiger partial charge is 0.233 e. The number of rotatable bonds is 4. The molecular formula is C32H21NO2. The summed E-state index contributed by atoms with van der Waals surface area (Å²) in [4.78, 5) is 27.5. The van der Waals surface area contributed by atoms with Crippen LogP contribution in [0, 0.1) is 0 Å². The Balaban J connectivity index is 1.45. The second-order valence-corrected chi connectivity index (χ2v) is 8.55. The van der Waals surface area contributed by atoms with Gasteiger partial charge in [-0.2, -0.15) is 0 Å². The van der Waals surface area contributed by atoms with Crippen molar-refractivity contribution in [2.75, 3.05) is 4.90 Å². The summed E-state index contributed by atoms with van der Waals surface area (Å²) in [5, 5.41) is 1.99. The van der Waals surface area contributed by atoms with E-state index in [1.165, 1.54) is 6.08 Å². The van der Waals surface area contributed by atoms with E-state index in [4.69, 9.17) is 0 Å². The third-order valence-electron chi connectivity index (χ3n) is 6.39. The van der Waals surface area contributed by atoms with Gasteiger partial charge in [0.15, 0.2) is 0 Å². The quantitative estimate of drug-likeness (QED) is 0.265. The molecule has 3 nitrogen and oxygen atoms in total. The van der Waals surface area contributed by atoms with Crippen LogP contribution in [0.5, 0.6) is 0 Å². The Morgan fingerprint density at radius 1 is 0.486 bits per heavy atom. The number of hydrogen-bond acceptors (Lipinski definition) is 3. The summed E-state index contributed by atoms with van der Waals surface area (Å²) in [5.41, 5.74) is 6.04. The predicted molar refractivity (Wildman–Crippen MR) is 141 cm³/mol. The highest BCUT2D eigenvalue weighted by Crippen LogP contribution is 2.37. The number of carbonyl (C=O) groups is 2. The second-order valence-electron chi connectivity index (χ2n) is 8.55. The molecule has 0 bridgehead atoms. The lowest BCUT2D eigenvalue weighted by Crippen LogP contribution is -2.19. The first-order valence-electron chi connectivity index (χ1n) is 11.5. The van der Waals surface area contributed by atoms with Crippen LogP contribution in [0.2, 0.25) is 0 Å². The minimum absolute atomic E-state index is 0.453. The van der Waals surface area contributed by atoms with Crippen LogP contribution in [0.25, 0.3) is 16.3 Å². The molecule has 5 aromatic rings. The van der Waals surface area contributed by atoms with Crippen molar-refractivity contribution in [2.45, 2.75) is 0 Å². The van der Waals surface area contributed by atoms with E-state index in [0.29, 0.717) is 5.56 Å². The summed E-state index contributed by atoms with van der Waals surface area (Å²) in [6, 6.07) is 40.3. The Hall–Kier alpha value is -4.76. The Kier molecular flexibility index (Phi) is 5.08. The molecule has 3 heteroatoms. The lowest BCUT2D eigenvalue weighted by atomic mass is 9.84. The molecule has 0 atom stereocenters. The zero-order valence-electron chi connectivity index (χ0n) is 18.9. The fraction of sp³-hybridized carbons (Fsp3) is 0. The average Bonchev–Trinajstić information content (AvgIpc) is 2.92. The minimum atomic E-state index is -0.484. The van der Waals surface area contributed by atoms with E-state index in [9.17, 15) is 9.59 Å². The molecule has 0 radical (unpaired) electrons. The molecular weight excluding hydrogens is 430 g/mol. The summed E-state index contributed by atoms with van der Waals surface area (Å²) in [7, 11) is 0. The van der Waals surface area contributed by atoms with Gasteiger partial charge in [-0.15, -0.1) is 0 Å². The van der Waals surface area contributed by atoms with E-state index < -0.39 is 11.6 Å². The number of Topliss-reactive ketones (excluding diaryl/α,β-unsaturated/α-hetero) is 1. The van der Waals surface area contributed by atoms with Crippen molar-refractivity contribution in [3.8, 4) is 0 Å². The number of anilines is 3. The number of carbonyl (C=O) groups excluding carboxylic acids is 2. The number of allylic oxidation sites excluding steroid dienone is 1. The maximum atomic E-state index is 12.7. The van der Waals surface area contributed by atoms with E-state index in [1.807, 2.05) is 84.9 Å². The molecule has 166 valence electrons. The molecule has 35 heavy (non-hydrogen) atoms. The highest BCUT2D eigenvalue weighted by Gasteiger charge is 2.27. The first-order chi connectivity index (χ1) is 17.2. The number of fused-ring (bicyclic) bond motifs is 2. The Morgan fingerprint density at radius 2 is 0.971 bits per heavy atom. The van der Waals surface area contributed by atoms with E-state index in [-0.39, 0.29) is 0 Å². The summed E-state index contributed by atoms with van der Waals surface area (Å²) in [6.45, 7) is 0.